The highest BCUT2D eigenvalue weighted by molar-refractivity contribution is 5.30. The van der Waals surface area contributed by atoms with Gasteiger partial charge in [-0.1, -0.05) is 27.4 Å². The van der Waals surface area contributed by atoms with E-state index in [9.17, 15) is 0 Å². The Morgan fingerprint density at radius 2 is 1.92 bits per heavy atom. The average Bonchev–Trinajstić information content (AvgIpc) is 2.05. The van der Waals surface area contributed by atoms with Crippen LogP contribution in [0.2, 0.25) is 0 Å². The van der Waals surface area contributed by atoms with Crippen molar-refractivity contribution in [1.82, 2.24) is 0 Å². The summed E-state index contributed by atoms with van der Waals surface area (Å²) < 4.78 is 5.25. The Morgan fingerprint density at radius 3 is 2.17 bits per heavy atom. The first-order valence-corrected chi connectivity index (χ1v) is 4.47. The van der Waals surface area contributed by atoms with Gasteiger partial charge in [0.1, 0.15) is 0 Å². The summed E-state index contributed by atoms with van der Waals surface area (Å²) in [7, 11) is 1.72. The number of ether oxygens (including phenoxy) is 1. The lowest BCUT2D eigenvalue weighted by Crippen LogP contribution is -1.99. The number of hydrogen-bond acceptors (Lipinski definition) is 1. The summed E-state index contributed by atoms with van der Waals surface area (Å²) in [4.78, 5) is 0. The molecule has 12 heavy (non-hydrogen) atoms. The fourth-order valence-corrected chi connectivity index (χ4v) is 1.17. The second-order valence-corrected chi connectivity index (χ2v) is 3.29. The summed E-state index contributed by atoms with van der Waals surface area (Å²) in [5.74, 6) is 1.55. The van der Waals surface area contributed by atoms with E-state index in [4.69, 9.17) is 4.74 Å². The highest BCUT2D eigenvalue weighted by atomic mass is 16.5. The second kappa shape index (κ2) is 5.02. The molecule has 0 aliphatic heterocycles. The molecule has 0 amide bonds. The third-order valence-electron chi connectivity index (χ3n) is 2.16. The van der Waals surface area contributed by atoms with Gasteiger partial charge < -0.3 is 4.74 Å². The fraction of sp³-hybridized carbons (Fsp3) is 0.636. The average molecular weight is 168 g/mol. The third-order valence-corrected chi connectivity index (χ3v) is 2.16. The topological polar surface area (TPSA) is 9.23 Å². The Kier molecular flexibility index (Phi) is 4.72. The van der Waals surface area contributed by atoms with Gasteiger partial charge in [-0.3, -0.25) is 0 Å². The molecule has 1 nitrogen and oxygen atoms in total. The van der Waals surface area contributed by atoms with E-state index in [2.05, 4.69) is 34.3 Å². The molecule has 0 aromatic rings. The van der Waals surface area contributed by atoms with E-state index in [1.807, 2.05) is 0 Å². The van der Waals surface area contributed by atoms with Crippen LogP contribution in [0, 0.1) is 5.92 Å². The molecule has 1 heteroatoms. The summed E-state index contributed by atoms with van der Waals surface area (Å²) in [6.07, 6.45) is 0.939. The fourth-order valence-electron chi connectivity index (χ4n) is 1.17. The maximum atomic E-state index is 5.25. The van der Waals surface area contributed by atoms with Crippen LogP contribution in [0.15, 0.2) is 23.5 Å². The maximum absolute atomic E-state index is 5.25. The highest BCUT2D eigenvalue weighted by Gasteiger charge is 2.07. The van der Waals surface area contributed by atoms with Crippen molar-refractivity contribution in [2.24, 2.45) is 5.92 Å². The molecule has 0 aromatic heterocycles. The number of allylic oxidation sites excluding steroid dienone is 3. The Balaban J connectivity index is 4.62. The summed E-state index contributed by atoms with van der Waals surface area (Å²) in [5, 5.41) is 0. The van der Waals surface area contributed by atoms with Crippen molar-refractivity contribution >= 4 is 0 Å². The Hall–Kier alpha value is -0.720. The van der Waals surface area contributed by atoms with Crippen LogP contribution >= 0.6 is 0 Å². The van der Waals surface area contributed by atoms with E-state index in [1.54, 1.807) is 7.11 Å². The first-order chi connectivity index (χ1) is 5.54. The summed E-state index contributed by atoms with van der Waals surface area (Å²) in [6.45, 7) is 12.5. The van der Waals surface area contributed by atoms with Crippen molar-refractivity contribution < 1.29 is 4.74 Å². The van der Waals surface area contributed by atoms with Crippen molar-refractivity contribution in [2.75, 3.05) is 7.11 Å². The first kappa shape index (κ1) is 11.3. The van der Waals surface area contributed by atoms with Crippen molar-refractivity contribution in [3.05, 3.63) is 23.5 Å². The lowest BCUT2D eigenvalue weighted by molar-refractivity contribution is 0.276. The van der Waals surface area contributed by atoms with Gasteiger partial charge in [0.15, 0.2) is 0 Å². The molecule has 70 valence electrons. The monoisotopic (exact) mass is 168 g/mol. The lowest BCUT2D eigenvalue weighted by atomic mass is 9.96. The van der Waals surface area contributed by atoms with E-state index >= 15 is 0 Å². The van der Waals surface area contributed by atoms with Crippen LogP contribution in [-0.4, -0.2) is 7.11 Å². The Labute approximate surface area is 76.1 Å². The highest BCUT2D eigenvalue weighted by Crippen LogP contribution is 2.21. The molecular formula is C11H20O. The van der Waals surface area contributed by atoms with Crippen LogP contribution in [-0.2, 0) is 4.74 Å². The van der Waals surface area contributed by atoms with Gasteiger partial charge in [0.25, 0.3) is 0 Å². The minimum absolute atomic E-state index is 0.502. The molecule has 0 N–H and O–H groups in total. The van der Waals surface area contributed by atoms with E-state index in [0.29, 0.717) is 5.92 Å². The first-order valence-electron chi connectivity index (χ1n) is 4.47. The van der Waals surface area contributed by atoms with Crippen molar-refractivity contribution in [3.63, 3.8) is 0 Å². The van der Waals surface area contributed by atoms with E-state index < -0.39 is 0 Å². The summed E-state index contributed by atoms with van der Waals surface area (Å²) in [6, 6.07) is 0. The smallest absolute Gasteiger partial charge is 0.0984 e. The molecule has 0 radical (unpaired) electrons. The molecule has 0 aliphatic carbocycles. The molecule has 0 fully saturated rings. The van der Waals surface area contributed by atoms with Gasteiger partial charge in [0, 0.05) is 6.42 Å². The van der Waals surface area contributed by atoms with Gasteiger partial charge in [0.2, 0.25) is 0 Å². The zero-order chi connectivity index (χ0) is 9.72. The standard InChI is InChI=1S/C11H20O/c1-7-11(12-6)10(5)9(4)8(2)3/h8H,4,7H2,1-3,5-6H3/b11-10-. The lowest BCUT2D eigenvalue weighted by Gasteiger charge is -2.14. The quantitative estimate of drug-likeness (QED) is 0.461. The molecule has 0 heterocycles. The zero-order valence-corrected chi connectivity index (χ0v) is 8.90. The van der Waals surface area contributed by atoms with Crippen LogP contribution in [0.4, 0.5) is 0 Å². The summed E-state index contributed by atoms with van der Waals surface area (Å²) in [5.41, 5.74) is 2.38. The SMILES string of the molecule is C=C(/C(C)=C(/CC)OC)C(C)C. The molecule has 0 saturated carbocycles. The van der Waals surface area contributed by atoms with Crippen LogP contribution in [0.25, 0.3) is 0 Å². The predicted molar refractivity (Wildman–Crippen MR) is 54.0 cm³/mol. The normalized spacial score (nSPS) is 12.8. The molecule has 0 unspecified atom stereocenters. The van der Waals surface area contributed by atoms with Crippen molar-refractivity contribution in [2.45, 2.75) is 34.1 Å². The van der Waals surface area contributed by atoms with Gasteiger partial charge in [0.05, 0.1) is 12.9 Å². The minimum atomic E-state index is 0.502. The molecule has 0 rings (SSSR count). The minimum Gasteiger partial charge on any atom is -0.501 e. The molecule has 0 atom stereocenters. The molecule has 0 aromatic carbocycles. The van der Waals surface area contributed by atoms with Gasteiger partial charge >= 0.3 is 0 Å². The maximum Gasteiger partial charge on any atom is 0.0984 e. The zero-order valence-electron chi connectivity index (χ0n) is 8.90. The van der Waals surface area contributed by atoms with Crippen LogP contribution in [0.1, 0.15) is 34.1 Å². The number of hydrogen-bond donors (Lipinski definition) is 0. The van der Waals surface area contributed by atoms with E-state index in [-0.39, 0.29) is 0 Å². The molecule has 0 bridgehead atoms. The third kappa shape index (κ3) is 2.72. The number of methoxy groups -OCH3 is 1. The largest absolute Gasteiger partial charge is 0.501 e. The molecule has 0 saturated heterocycles. The van der Waals surface area contributed by atoms with Crippen LogP contribution in [0.5, 0.6) is 0 Å². The van der Waals surface area contributed by atoms with E-state index in [1.165, 1.54) is 11.1 Å². The summed E-state index contributed by atoms with van der Waals surface area (Å²) >= 11 is 0. The van der Waals surface area contributed by atoms with Gasteiger partial charge in [-0.2, -0.15) is 0 Å². The second-order valence-electron chi connectivity index (χ2n) is 3.29. The Bertz CT molecular complexity index is 181. The van der Waals surface area contributed by atoms with Gasteiger partial charge in [-0.05, 0) is 24.0 Å². The molecular weight excluding hydrogens is 148 g/mol. The van der Waals surface area contributed by atoms with Crippen molar-refractivity contribution in [3.8, 4) is 0 Å². The van der Waals surface area contributed by atoms with Gasteiger partial charge in [-0.15, -0.1) is 0 Å². The Morgan fingerprint density at radius 1 is 1.42 bits per heavy atom. The molecule has 0 aliphatic rings. The van der Waals surface area contributed by atoms with Crippen molar-refractivity contribution in [1.29, 1.82) is 0 Å². The number of rotatable bonds is 4. The van der Waals surface area contributed by atoms with Crippen LogP contribution in [0.3, 0.4) is 0 Å². The van der Waals surface area contributed by atoms with Crippen LogP contribution < -0.4 is 0 Å². The van der Waals surface area contributed by atoms with E-state index in [0.717, 1.165) is 12.2 Å². The predicted octanol–water partition coefficient (Wildman–Crippen LogP) is 3.53. The molecule has 0 spiro atoms. The van der Waals surface area contributed by atoms with Gasteiger partial charge in [-0.25, -0.2) is 0 Å².